The molecule has 0 aromatic heterocycles. The van der Waals surface area contributed by atoms with Crippen LogP contribution in [0.2, 0.25) is 0 Å². The zero-order chi connectivity index (χ0) is 19.6. The van der Waals surface area contributed by atoms with Crippen molar-refractivity contribution in [3.05, 3.63) is 95.6 Å². The SMILES string of the molecule is COc1cc(CNC[C@@H](O)c2ccccc2)ccc1OCCc1ccccc1. The Hall–Kier alpha value is -2.82. The highest BCUT2D eigenvalue weighted by Gasteiger charge is 2.08. The van der Waals surface area contributed by atoms with Crippen LogP contribution in [0.25, 0.3) is 0 Å². The molecule has 4 heteroatoms. The number of aliphatic hydroxyl groups excluding tert-OH is 1. The van der Waals surface area contributed by atoms with Crippen molar-refractivity contribution in [1.29, 1.82) is 0 Å². The standard InChI is InChI=1S/C24H27NO3/c1-27-24-16-20(17-25-18-22(26)21-10-6-3-7-11-21)12-13-23(24)28-15-14-19-8-4-2-5-9-19/h2-13,16,22,25-26H,14-15,17-18H2,1H3/t22-/m1/s1. The van der Waals surface area contributed by atoms with Crippen molar-refractivity contribution in [3.63, 3.8) is 0 Å². The third kappa shape index (κ3) is 5.84. The van der Waals surface area contributed by atoms with Gasteiger partial charge in [-0.1, -0.05) is 66.7 Å². The summed E-state index contributed by atoms with van der Waals surface area (Å²) in [5.74, 6) is 1.46. The van der Waals surface area contributed by atoms with Crippen LogP contribution in [0.4, 0.5) is 0 Å². The molecule has 28 heavy (non-hydrogen) atoms. The summed E-state index contributed by atoms with van der Waals surface area (Å²) in [6, 6.07) is 25.9. The Kier molecular flexibility index (Phi) is 7.47. The van der Waals surface area contributed by atoms with Crippen LogP contribution >= 0.6 is 0 Å². The molecule has 0 aliphatic heterocycles. The van der Waals surface area contributed by atoms with Crippen molar-refractivity contribution >= 4 is 0 Å². The summed E-state index contributed by atoms with van der Waals surface area (Å²) in [5.41, 5.74) is 3.24. The van der Waals surface area contributed by atoms with E-state index in [0.717, 1.165) is 29.0 Å². The van der Waals surface area contributed by atoms with Crippen molar-refractivity contribution in [3.8, 4) is 11.5 Å². The molecule has 0 heterocycles. The molecule has 1 atom stereocenters. The van der Waals surface area contributed by atoms with Gasteiger partial charge in [-0.3, -0.25) is 0 Å². The van der Waals surface area contributed by atoms with Crippen molar-refractivity contribution in [2.45, 2.75) is 19.1 Å². The Morgan fingerprint density at radius 3 is 2.29 bits per heavy atom. The predicted octanol–water partition coefficient (Wildman–Crippen LogP) is 4.14. The molecule has 0 bridgehead atoms. The minimum atomic E-state index is -0.524. The fourth-order valence-corrected chi connectivity index (χ4v) is 3.01. The van der Waals surface area contributed by atoms with Crippen molar-refractivity contribution in [1.82, 2.24) is 5.32 Å². The third-order valence-electron chi connectivity index (χ3n) is 4.57. The van der Waals surface area contributed by atoms with Gasteiger partial charge in [0.05, 0.1) is 19.8 Å². The predicted molar refractivity (Wildman–Crippen MR) is 112 cm³/mol. The number of benzene rings is 3. The lowest BCUT2D eigenvalue weighted by Crippen LogP contribution is -2.21. The lowest BCUT2D eigenvalue weighted by molar-refractivity contribution is 0.174. The van der Waals surface area contributed by atoms with Gasteiger partial charge in [-0.2, -0.15) is 0 Å². The Morgan fingerprint density at radius 2 is 1.57 bits per heavy atom. The Balaban J connectivity index is 1.49. The molecule has 0 fully saturated rings. The normalized spacial score (nSPS) is 11.8. The highest BCUT2D eigenvalue weighted by Crippen LogP contribution is 2.28. The molecule has 4 nitrogen and oxygen atoms in total. The minimum absolute atomic E-state index is 0.488. The van der Waals surface area contributed by atoms with Crippen LogP contribution in [0.1, 0.15) is 22.8 Å². The fourth-order valence-electron chi connectivity index (χ4n) is 3.01. The van der Waals surface area contributed by atoms with E-state index < -0.39 is 6.10 Å². The van der Waals surface area contributed by atoms with E-state index in [2.05, 4.69) is 17.4 Å². The largest absolute Gasteiger partial charge is 0.493 e. The van der Waals surface area contributed by atoms with Gasteiger partial charge < -0.3 is 19.9 Å². The monoisotopic (exact) mass is 377 g/mol. The smallest absolute Gasteiger partial charge is 0.161 e. The van der Waals surface area contributed by atoms with Crippen LogP contribution in [-0.4, -0.2) is 25.4 Å². The zero-order valence-corrected chi connectivity index (χ0v) is 16.2. The lowest BCUT2D eigenvalue weighted by Gasteiger charge is -2.14. The molecule has 0 amide bonds. The summed E-state index contributed by atoms with van der Waals surface area (Å²) < 4.78 is 11.4. The van der Waals surface area contributed by atoms with Gasteiger partial charge in [0.25, 0.3) is 0 Å². The average molecular weight is 377 g/mol. The summed E-state index contributed by atoms with van der Waals surface area (Å²) in [5, 5.41) is 13.5. The number of nitrogens with one attached hydrogen (secondary N) is 1. The summed E-state index contributed by atoms with van der Waals surface area (Å²) in [7, 11) is 1.65. The van der Waals surface area contributed by atoms with E-state index in [1.807, 2.05) is 66.7 Å². The molecule has 0 saturated heterocycles. The first-order valence-corrected chi connectivity index (χ1v) is 9.53. The van der Waals surface area contributed by atoms with Crippen LogP contribution < -0.4 is 14.8 Å². The van der Waals surface area contributed by atoms with E-state index in [4.69, 9.17) is 9.47 Å². The van der Waals surface area contributed by atoms with Crippen molar-refractivity contribution < 1.29 is 14.6 Å². The van der Waals surface area contributed by atoms with E-state index in [9.17, 15) is 5.11 Å². The van der Waals surface area contributed by atoms with Gasteiger partial charge in [0.15, 0.2) is 11.5 Å². The van der Waals surface area contributed by atoms with E-state index in [1.165, 1.54) is 5.56 Å². The lowest BCUT2D eigenvalue weighted by atomic mass is 10.1. The maximum atomic E-state index is 10.2. The van der Waals surface area contributed by atoms with Gasteiger partial charge in [-0.25, -0.2) is 0 Å². The maximum absolute atomic E-state index is 10.2. The van der Waals surface area contributed by atoms with E-state index in [-0.39, 0.29) is 0 Å². The van der Waals surface area contributed by atoms with Gasteiger partial charge in [-0.05, 0) is 28.8 Å². The second-order valence-electron chi connectivity index (χ2n) is 6.63. The first kappa shape index (κ1) is 19.9. The molecule has 2 N–H and O–H groups in total. The molecular formula is C24H27NO3. The molecule has 3 aromatic carbocycles. The van der Waals surface area contributed by atoms with Crippen LogP contribution in [0.5, 0.6) is 11.5 Å². The Morgan fingerprint density at radius 1 is 0.857 bits per heavy atom. The molecule has 3 aromatic rings. The van der Waals surface area contributed by atoms with Gasteiger partial charge in [0, 0.05) is 19.5 Å². The number of hydrogen-bond acceptors (Lipinski definition) is 4. The molecule has 146 valence electrons. The molecule has 0 aliphatic rings. The number of methoxy groups -OCH3 is 1. The number of hydrogen-bond donors (Lipinski definition) is 2. The highest BCUT2D eigenvalue weighted by atomic mass is 16.5. The quantitative estimate of drug-likeness (QED) is 0.558. The van der Waals surface area contributed by atoms with Gasteiger partial charge in [-0.15, -0.1) is 0 Å². The van der Waals surface area contributed by atoms with E-state index in [0.29, 0.717) is 19.7 Å². The van der Waals surface area contributed by atoms with Gasteiger partial charge in [0.1, 0.15) is 0 Å². The van der Waals surface area contributed by atoms with Crippen LogP contribution in [0.15, 0.2) is 78.9 Å². The summed E-state index contributed by atoms with van der Waals surface area (Å²) in [6.45, 7) is 1.73. The van der Waals surface area contributed by atoms with Crippen LogP contribution in [0.3, 0.4) is 0 Å². The second kappa shape index (κ2) is 10.5. The summed E-state index contributed by atoms with van der Waals surface area (Å²) >= 11 is 0. The molecule has 3 rings (SSSR count). The topological polar surface area (TPSA) is 50.7 Å². The average Bonchev–Trinajstić information content (AvgIpc) is 2.75. The van der Waals surface area contributed by atoms with E-state index >= 15 is 0 Å². The first-order chi connectivity index (χ1) is 13.8. The van der Waals surface area contributed by atoms with Crippen molar-refractivity contribution in [2.75, 3.05) is 20.3 Å². The first-order valence-electron chi connectivity index (χ1n) is 9.53. The molecule has 0 radical (unpaired) electrons. The molecule has 0 spiro atoms. The number of aliphatic hydroxyl groups is 1. The van der Waals surface area contributed by atoms with Crippen molar-refractivity contribution in [2.24, 2.45) is 0 Å². The molecular weight excluding hydrogens is 350 g/mol. The minimum Gasteiger partial charge on any atom is -0.493 e. The van der Waals surface area contributed by atoms with Gasteiger partial charge in [0.2, 0.25) is 0 Å². The van der Waals surface area contributed by atoms with E-state index in [1.54, 1.807) is 7.11 Å². The van der Waals surface area contributed by atoms with Crippen LogP contribution in [-0.2, 0) is 13.0 Å². The molecule has 0 unspecified atom stereocenters. The molecule has 0 aliphatic carbocycles. The maximum Gasteiger partial charge on any atom is 0.161 e. The number of rotatable bonds is 10. The zero-order valence-electron chi connectivity index (χ0n) is 16.2. The second-order valence-corrected chi connectivity index (χ2v) is 6.63. The van der Waals surface area contributed by atoms with Crippen LogP contribution in [0, 0.1) is 0 Å². The summed E-state index contributed by atoms with van der Waals surface area (Å²) in [6.07, 6.45) is 0.327. The fraction of sp³-hybridized carbons (Fsp3) is 0.250. The summed E-state index contributed by atoms with van der Waals surface area (Å²) in [4.78, 5) is 0. The Labute approximate surface area is 166 Å². The highest BCUT2D eigenvalue weighted by molar-refractivity contribution is 5.43. The van der Waals surface area contributed by atoms with Gasteiger partial charge >= 0.3 is 0 Å². The third-order valence-corrected chi connectivity index (χ3v) is 4.57. The number of ether oxygens (including phenoxy) is 2. The molecule has 0 saturated carbocycles. The Bertz CT molecular complexity index is 837.